The molecule has 3 heteroatoms. The van der Waals surface area contributed by atoms with Gasteiger partial charge in [0.2, 0.25) is 0 Å². The van der Waals surface area contributed by atoms with Crippen LogP contribution in [0.15, 0.2) is 0 Å². The van der Waals surface area contributed by atoms with E-state index in [4.69, 9.17) is 9.84 Å². The molecule has 0 aromatic carbocycles. The Morgan fingerprint density at radius 2 is 2.36 bits per heavy atom. The van der Waals surface area contributed by atoms with Crippen molar-refractivity contribution < 1.29 is 14.6 Å². The summed E-state index contributed by atoms with van der Waals surface area (Å²) >= 11 is 0. The zero-order valence-corrected chi connectivity index (χ0v) is 6.32. The number of carbonyl (C=O) groups excluding carboxylic acids is 1. The molecule has 0 amide bonds. The lowest BCUT2D eigenvalue weighted by molar-refractivity contribution is -0.141. The van der Waals surface area contributed by atoms with Gasteiger partial charge in [0.1, 0.15) is 6.10 Å². The quantitative estimate of drug-likeness (QED) is 0.556. The average Bonchev–Trinajstić information content (AvgIpc) is 2.45. The maximum atomic E-state index is 10.8. The van der Waals surface area contributed by atoms with E-state index in [-0.39, 0.29) is 18.7 Å². The van der Waals surface area contributed by atoms with Crippen LogP contribution in [0.1, 0.15) is 19.3 Å². The van der Waals surface area contributed by atoms with Crippen molar-refractivity contribution in [2.24, 2.45) is 11.8 Å². The van der Waals surface area contributed by atoms with Gasteiger partial charge in [-0.05, 0) is 18.8 Å². The molecule has 0 unspecified atom stereocenters. The summed E-state index contributed by atoms with van der Waals surface area (Å²) in [6.07, 6.45) is 2.61. The van der Waals surface area contributed by atoms with Gasteiger partial charge < -0.3 is 9.84 Å². The highest BCUT2D eigenvalue weighted by molar-refractivity contribution is 5.72. The Hall–Kier alpha value is -0.570. The molecule has 1 saturated carbocycles. The van der Waals surface area contributed by atoms with Gasteiger partial charge in [0.15, 0.2) is 0 Å². The Morgan fingerprint density at radius 1 is 1.55 bits per heavy atom. The lowest BCUT2D eigenvalue weighted by Crippen LogP contribution is -2.16. The molecule has 2 rings (SSSR count). The van der Waals surface area contributed by atoms with Crippen LogP contribution in [-0.2, 0) is 9.53 Å². The van der Waals surface area contributed by atoms with Crippen molar-refractivity contribution >= 4 is 5.97 Å². The second-order valence-electron chi connectivity index (χ2n) is 3.42. The monoisotopic (exact) mass is 156 g/mol. The van der Waals surface area contributed by atoms with Gasteiger partial charge in [-0.25, -0.2) is 0 Å². The zero-order chi connectivity index (χ0) is 7.84. The van der Waals surface area contributed by atoms with Crippen molar-refractivity contribution in [3.63, 3.8) is 0 Å². The Kier molecular flexibility index (Phi) is 1.60. The van der Waals surface area contributed by atoms with Crippen LogP contribution in [0.4, 0.5) is 0 Å². The number of aliphatic hydroxyl groups excluding tert-OH is 1. The van der Waals surface area contributed by atoms with Crippen molar-refractivity contribution in [1.82, 2.24) is 0 Å². The Bertz CT molecular complexity index is 178. The smallest absolute Gasteiger partial charge is 0.306 e. The molecule has 1 saturated heterocycles. The van der Waals surface area contributed by atoms with E-state index >= 15 is 0 Å². The highest BCUT2D eigenvalue weighted by atomic mass is 16.6. The van der Waals surface area contributed by atoms with E-state index in [0.29, 0.717) is 18.3 Å². The SMILES string of the molecule is O=C1C[C@@H]2[C@H](CO)CC[C@@H]2O1. The van der Waals surface area contributed by atoms with Gasteiger partial charge in [0, 0.05) is 12.5 Å². The van der Waals surface area contributed by atoms with E-state index in [1.807, 2.05) is 0 Å². The molecule has 0 spiro atoms. The fraction of sp³-hybridized carbons (Fsp3) is 0.875. The Balaban J connectivity index is 2.07. The maximum absolute atomic E-state index is 10.8. The van der Waals surface area contributed by atoms with Crippen LogP contribution in [0.3, 0.4) is 0 Å². The predicted molar refractivity (Wildman–Crippen MR) is 37.8 cm³/mol. The first-order valence-electron chi connectivity index (χ1n) is 4.11. The number of carbonyl (C=O) groups is 1. The Morgan fingerprint density at radius 3 is 3.09 bits per heavy atom. The van der Waals surface area contributed by atoms with Crippen molar-refractivity contribution in [2.45, 2.75) is 25.4 Å². The van der Waals surface area contributed by atoms with Gasteiger partial charge in [0.05, 0.1) is 6.42 Å². The normalized spacial score (nSPS) is 42.3. The molecule has 1 heterocycles. The lowest BCUT2D eigenvalue weighted by Gasteiger charge is -2.11. The van der Waals surface area contributed by atoms with Gasteiger partial charge in [-0.3, -0.25) is 4.79 Å². The van der Waals surface area contributed by atoms with Gasteiger partial charge in [-0.1, -0.05) is 0 Å². The first-order valence-corrected chi connectivity index (χ1v) is 4.11. The van der Waals surface area contributed by atoms with Crippen LogP contribution >= 0.6 is 0 Å². The highest BCUT2D eigenvalue weighted by Crippen LogP contribution is 2.40. The molecule has 1 N–H and O–H groups in total. The second-order valence-corrected chi connectivity index (χ2v) is 3.42. The molecule has 62 valence electrons. The molecule has 2 fully saturated rings. The molecule has 0 aromatic heterocycles. The van der Waals surface area contributed by atoms with Crippen molar-refractivity contribution in [3.05, 3.63) is 0 Å². The number of hydrogen-bond donors (Lipinski definition) is 1. The highest BCUT2D eigenvalue weighted by Gasteiger charge is 2.44. The molecular weight excluding hydrogens is 144 g/mol. The summed E-state index contributed by atoms with van der Waals surface area (Å²) in [6.45, 7) is 0.206. The summed E-state index contributed by atoms with van der Waals surface area (Å²) < 4.78 is 5.07. The summed E-state index contributed by atoms with van der Waals surface area (Å²) in [5.41, 5.74) is 0. The average molecular weight is 156 g/mol. The van der Waals surface area contributed by atoms with Crippen LogP contribution in [0.5, 0.6) is 0 Å². The number of esters is 1. The van der Waals surface area contributed by atoms with Gasteiger partial charge in [0.25, 0.3) is 0 Å². The Labute approximate surface area is 65.4 Å². The lowest BCUT2D eigenvalue weighted by atomic mass is 9.94. The molecule has 0 aromatic rings. The summed E-state index contributed by atoms with van der Waals surface area (Å²) in [5.74, 6) is 0.539. The minimum atomic E-state index is -0.0850. The van der Waals surface area contributed by atoms with Gasteiger partial charge in [-0.15, -0.1) is 0 Å². The number of aliphatic hydroxyl groups is 1. The first kappa shape index (κ1) is 7.10. The molecule has 2 aliphatic rings. The molecule has 3 atom stereocenters. The van der Waals surface area contributed by atoms with E-state index < -0.39 is 0 Å². The largest absolute Gasteiger partial charge is 0.462 e. The van der Waals surface area contributed by atoms with Crippen LogP contribution in [-0.4, -0.2) is 23.8 Å². The van der Waals surface area contributed by atoms with Gasteiger partial charge >= 0.3 is 5.97 Å². The molecule has 1 aliphatic carbocycles. The third-order valence-corrected chi connectivity index (χ3v) is 2.82. The molecule has 0 radical (unpaired) electrons. The topological polar surface area (TPSA) is 46.5 Å². The van der Waals surface area contributed by atoms with Crippen LogP contribution in [0.2, 0.25) is 0 Å². The molecule has 11 heavy (non-hydrogen) atoms. The van der Waals surface area contributed by atoms with Crippen LogP contribution in [0, 0.1) is 11.8 Å². The summed E-state index contributed by atoms with van der Waals surface area (Å²) in [5, 5.41) is 8.93. The number of rotatable bonds is 1. The number of hydrogen-bond acceptors (Lipinski definition) is 3. The fourth-order valence-corrected chi connectivity index (χ4v) is 2.19. The molecule has 1 aliphatic heterocycles. The first-order chi connectivity index (χ1) is 5.31. The third-order valence-electron chi connectivity index (χ3n) is 2.82. The predicted octanol–water partition coefficient (Wildman–Crippen LogP) is 0.320. The summed E-state index contributed by atoms with van der Waals surface area (Å²) in [4.78, 5) is 10.8. The van der Waals surface area contributed by atoms with Gasteiger partial charge in [-0.2, -0.15) is 0 Å². The van der Waals surface area contributed by atoms with E-state index in [1.165, 1.54) is 0 Å². The minimum absolute atomic E-state index is 0.0850. The molecule has 3 nitrogen and oxygen atoms in total. The molecular formula is C8H12O3. The van der Waals surface area contributed by atoms with Crippen LogP contribution < -0.4 is 0 Å². The van der Waals surface area contributed by atoms with Crippen molar-refractivity contribution in [1.29, 1.82) is 0 Å². The summed E-state index contributed by atoms with van der Waals surface area (Å²) in [6, 6.07) is 0. The van der Waals surface area contributed by atoms with E-state index in [9.17, 15) is 4.79 Å². The third kappa shape index (κ3) is 1.03. The van der Waals surface area contributed by atoms with E-state index in [0.717, 1.165) is 12.8 Å². The zero-order valence-electron chi connectivity index (χ0n) is 6.32. The number of ether oxygens (including phenoxy) is 1. The van der Waals surface area contributed by atoms with Crippen LogP contribution in [0.25, 0.3) is 0 Å². The van der Waals surface area contributed by atoms with Crippen molar-refractivity contribution in [2.75, 3.05) is 6.61 Å². The second kappa shape index (κ2) is 2.48. The molecule has 0 bridgehead atoms. The standard InChI is InChI=1S/C8H12O3/c9-4-5-1-2-7-6(5)3-8(10)11-7/h5-7,9H,1-4H2/t5-,6+,7-/m0/s1. The van der Waals surface area contributed by atoms with E-state index in [1.54, 1.807) is 0 Å². The van der Waals surface area contributed by atoms with Crippen molar-refractivity contribution in [3.8, 4) is 0 Å². The van der Waals surface area contributed by atoms with E-state index in [2.05, 4.69) is 0 Å². The maximum Gasteiger partial charge on any atom is 0.306 e. The summed E-state index contributed by atoms with van der Waals surface area (Å²) in [7, 11) is 0. The fourth-order valence-electron chi connectivity index (χ4n) is 2.19. The number of fused-ring (bicyclic) bond motifs is 1. The minimum Gasteiger partial charge on any atom is -0.462 e.